The number of amides is 2. The topological polar surface area (TPSA) is 95.2 Å². The summed E-state index contributed by atoms with van der Waals surface area (Å²) in [5.41, 5.74) is 1.13. The quantitative estimate of drug-likeness (QED) is 0.662. The molecular weight excluding hydrogens is 432 g/mol. The summed E-state index contributed by atoms with van der Waals surface area (Å²) in [6, 6.07) is 0. The summed E-state index contributed by atoms with van der Waals surface area (Å²) in [6.07, 6.45) is 7.29. The van der Waals surface area contributed by atoms with Gasteiger partial charge in [0.25, 0.3) is 5.56 Å². The predicted molar refractivity (Wildman–Crippen MR) is 123 cm³/mol. The number of aromatic amines is 1. The Kier molecular flexibility index (Phi) is 6.05. The first-order valence-corrected chi connectivity index (χ1v) is 13.2. The highest BCUT2D eigenvalue weighted by atomic mass is 32.2. The molecule has 2 aliphatic carbocycles. The van der Waals surface area contributed by atoms with Gasteiger partial charge < -0.3 is 15.2 Å². The molecule has 1 aliphatic heterocycles. The summed E-state index contributed by atoms with van der Waals surface area (Å²) < 4.78 is 0. The van der Waals surface area contributed by atoms with Crippen LogP contribution in [0.25, 0.3) is 10.2 Å². The SMILES string of the molecule is O=C(NCC1CC1)[C@H]1CCCN(C(=O)CSCc2nc3sc4c(c3c(=O)[nH]2)CCC4)C1. The van der Waals surface area contributed by atoms with E-state index in [4.69, 9.17) is 0 Å². The number of rotatable bonds is 7. The lowest BCUT2D eigenvalue weighted by Crippen LogP contribution is -2.46. The maximum absolute atomic E-state index is 12.7. The molecule has 2 N–H and O–H groups in total. The van der Waals surface area contributed by atoms with E-state index in [1.54, 1.807) is 11.3 Å². The number of H-pyrrole nitrogens is 1. The van der Waals surface area contributed by atoms with Crippen LogP contribution < -0.4 is 10.9 Å². The normalized spacial score (nSPS) is 20.8. The average molecular weight is 461 g/mol. The lowest BCUT2D eigenvalue weighted by molar-refractivity contribution is -0.133. The Morgan fingerprint density at radius 2 is 2.10 bits per heavy atom. The highest BCUT2D eigenvalue weighted by molar-refractivity contribution is 7.99. The molecule has 3 aliphatic rings. The Morgan fingerprint density at radius 1 is 1.23 bits per heavy atom. The molecule has 2 amide bonds. The van der Waals surface area contributed by atoms with Gasteiger partial charge in [-0.25, -0.2) is 4.98 Å². The van der Waals surface area contributed by atoms with Crippen LogP contribution in [0.3, 0.4) is 0 Å². The molecule has 2 aromatic heterocycles. The lowest BCUT2D eigenvalue weighted by atomic mass is 9.97. The van der Waals surface area contributed by atoms with E-state index in [-0.39, 0.29) is 23.3 Å². The van der Waals surface area contributed by atoms with Gasteiger partial charge in [0.15, 0.2) is 0 Å². The first-order chi connectivity index (χ1) is 15.1. The van der Waals surface area contributed by atoms with E-state index in [2.05, 4.69) is 15.3 Å². The summed E-state index contributed by atoms with van der Waals surface area (Å²) in [6.45, 7) is 2.01. The van der Waals surface area contributed by atoms with E-state index < -0.39 is 0 Å². The Hall–Kier alpha value is -1.87. The van der Waals surface area contributed by atoms with Gasteiger partial charge in [0.2, 0.25) is 11.8 Å². The van der Waals surface area contributed by atoms with Crippen LogP contribution in [0.5, 0.6) is 0 Å². The zero-order valence-corrected chi connectivity index (χ0v) is 19.2. The molecule has 1 saturated heterocycles. The second-order valence-corrected chi connectivity index (χ2v) is 11.0. The predicted octanol–water partition coefficient (Wildman–Crippen LogP) is 2.47. The Morgan fingerprint density at radius 3 is 2.94 bits per heavy atom. The van der Waals surface area contributed by atoms with Crippen molar-refractivity contribution in [2.45, 2.75) is 50.7 Å². The van der Waals surface area contributed by atoms with E-state index in [0.29, 0.717) is 36.3 Å². The minimum absolute atomic E-state index is 0.0533. The summed E-state index contributed by atoms with van der Waals surface area (Å²) in [7, 11) is 0. The second-order valence-electron chi connectivity index (χ2n) is 8.91. The Bertz CT molecular complexity index is 1060. The van der Waals surface area contributed by atoms with Gasteiger partial charge in [0.05, 0.1) is 22.8 Å². The van der Waals surface area contributed by atoms with Crippen LogP contribution in [-0.4, -0.2) is 52.1 Å². The standard InChI is InChI=1S/C22H28N4O3S2/c27-18(26-8-2-3-14(10-26)20(28)23-9-13-6-7-13)12-30-11-17-24-21(29)19-15-4-1-5-16(15)31-22(19)25-17/h13-14H,1-12H2,(H,23,28)(H,24,25,29)/t14-/m0/s1. The molecule has 5 rings (SSSR count). The number of nitrogens with zero attached hydrogens (tertiary/aromatic N) is 2. The monoisotopic (exact) mass is 460 g/mol. The smallest absolute Gasteiger partial charge is 0.259 e. The summed E-state index contributed by atoms with van der Waals surface area (Å²) in [4.78, 5) is 49.1. The number of aromatic nitrogens is 2. The van der Waals surface area contributed by atoms with Crippen LogP contribution in [0.4, 0.5) is 0 Å². The van der Waals surface area contributed by atoms with Gasteiger partial charge >= 0.3 is 0 Å². The number of likely N-dealkylation sites (tertiary alicyclic amines) is 1. The third-order valence-corrected chi connectivity index (χ3v) is 8.61. The highest BCUT2D eigenvalue weighted by Crippen LogP contribution is 2.34. The van der Waals surface area contributed by atoms with Gasteiger partial charge in [0.1, 0.15) is 10.7 Å². The molecule has 2 fully saturated rings. The first kappa shape index (κ1) is 21.0. The molecule has 166 valence electrons. The third-order valence-electron chi connectivity index (χ3n) is 6.50. The maximum Gasteiger partial charge on any atom is 0.259 e. The minimum Gasteiger partial charge on any atom is -0.356 e. The fourth-order valence-corrected chi connectivity index (χ4v) is 6.64. The lowest BCUT2D eigenvalue weighted by Gasteiger charge is -2.32. The molecular formula is C22H28N4O3S2. The van der Waals surface area contributed by atoms with Crippen molar-refractivity contribution in [3.63, 3.8) is 0 Å². The van der Waals surface area contributed by atoms with Gasteiger partial charge in [-0.3, -0.25) is 14.4 Å². The van der Waals surface area contributed by atoms with Gasteiger partial charge in [0, 0.05) is 24.5 Å². The van der Waals surface area contributed by atoms with Crippen LogP contribution in [-0.2, 0) is 28.2 Å². The van der Waals surface area contributed by atoms with Crippen molar-refractivity contribution in [1.82, 2.24) is 20.2 Å². The number of thioether (sulfide) groups is 1. The number of hydrogen-bond donors (Lipinski definition) is 2. The molecule has 1 atom stereocenters. The van der Waals surface area contributed by atoms with Gasteiger partial charge in [-0.2, -0.15) is 0 Å². The molecule has 0 unspecified atom stereocenters. The molecule has 3 heterocycles. The van der Waals surface area contributed by atoms with E-state index >= 15 is 0 Å². The minimum atomic E-state index is -0.0948. The first-order valence-electron chi connectivity index (χ1n) is 11.2. The highest BCUT2D eigenvalue weighted by Gasteiger charge is 2.30. The number of fused-ring (bicyclic) bond motifs is 3. The van der Waals surface area contributed by atoms with Crippen LogP contribution in [0.2, 0.25) is 0 Å². The van der Waals surface area contributed by atoms with Crippen LogP contribution >= 0.6 is 23.1 Å². The number of aryl methyl sites for hydroxylation is 2. The molecule has 7 nitrogen and oxygen atoms in total. The Labute approximate surface area is 189 Å². The summed E-state index contributed by atoms with van der Waals surface area (Å²) in [5, 5.41) is 3.81. The molecule has 0 aromatic carbocycles. The third kappa shape index (κ3) is 4.67. The largest absolute Gasteiger partial charge is 0.356 e. The number of hydrogen-bond acceptors (Lipinski definition) is 6. The molecule has 0 radical (unpaired) electrons. The van der Waals surface area contributed by atoms with Crippen LogP contribution in [0.1, 0.15) is 48.4 Å². The molecule has 1 saturated carbocycles. The van der Waals surface area contributed by atoms with Gasteiger partial charge in [-0.15, -0.1) is 23.1 Å². The van der Waals surface area contributed by atoms with Crippen molar-refractivity contribution < 1.29 is 9.59 Å². The number of piperidine rings is 1. The van der Waals surface area contributed by atoms with Crippen molar-refractivity contribution in [1.29, 1.82) is 0 Å². The van der Waals surface area contributed by atoms with Crippen molar-refractivity contribution in [2.75, 3.05) is 25.4 Å². The number of nitrogens with one attached hydrogen (secondary N) is 2. The van der Waals surface area contributed by atoms with E-state index in [9.17, 15) is 14.4 Å². The van der Waals surface area contributed by atoms with E-state index in [1.165, 1.54) is 35.0 Å². The van der Waals surface area contributed by atoms with E-state index in [1.807, 2.05) is 4.90 Å². The summed E-state index contributed by atoms with van der Waals surface area (Å²) in [5.74, 6) is 2.18. The zero-order chi connectivity index (χ0) is 21.4. The molecule has 9 heteroatoms. The maximum atomic E-state index is 12.7. The van der Waals surface area contributed by atoms with E-state index in [0.717, 1.165) is 48.9 Å². The van der Waals surface area contributed by atoms with Crippen molar-refractivity contribution in [3.8, 4) is 0 Å². The average Bonchev–Trinajstić information content (AvgIpc) is 3.38. The molecule has 31 heavy (non-hydrogen) atoms. The number of thiophene rings is 1. The van der Waals surface area contributed by atoms with Crippen LogP contribution in [0, 0.1) is 11.8 Å². The zero-order valence-electron chi connectivity index (χ0n) is 17.6. The Balaban J connectivity index is 1.13. The van der Waals surface area contributed by atoms with Gasteiger partial charge in [-0.05, 0) is 56.4 Å². The molecule has 2 aromatic rings. The molecule has 0 spiro atoms. The van der Waals surface area contributed by atoms with Crippen molar-refractivity contribution in [3.05, 3.63) is 26.6 Å². The van der Waals surface area contributed by atoms with Gasteiger partial charge in [-0.1, -0.05) is 0 Å². The fraction of sp³-hybridized carbons (Fsp3) is 0.636. The molecule has 0 bridgehead atoms. The van der Waals surface area contributed by atoms with Crippen molar-refractivity contribution in [2.24, 2.45) is 11.8 Å². The number of carbonyl (C=O) groups is 2. The summed E-state index contributed by atoms with van der Waals surface area (Å²) >= 11 is 3.10. The van der Waals surface area contributed by atoms with Crippen LogP contribution in [0.15, 0.2) is 4.79 Å². The fourth-order valence-electron chi connectivity index (χ4n) is 4.57. The van der Waals surface area contributed by atoms with Crippen molar-refractivity contribution >= 4 is 45.1 Å². The number of carbonyl (C=O) groups excluding carboxylic acids is 2. The second kappa shape index (κ2) is 8.94.